The Labute approximate surface area is 45.1 Å². The Morgan fingerprint density at radius 2 is 2.43 bits per heavy atom. The van der Waals surface area contributed by atoms with Gasteiger partial charge in [-0.05, 0) is 13.8 Å². The van der Waals surface area contributed by atoms with Crippen molar-refractivity contribution in [2.75, 3.05) is 6.61 Å². The van der Waals surface area contributed by atoms with Crippen molar-refractivity contribution in [1.29, 1.82) is 0 Å². The Morgan fingerprint density at radius 1 is 1.86 bits per heavy atom. The maximum atomic E-state index is 9.87. The molecule has 1 unspecified atom stereocenters. The van der Waals surface area contributed by atoms with Gasteiger partial charge in [-0.3, -0.25) is 4.57 Å². The monoisotopic (exact) mass is 120 g/mol. The van der Waals surface area contributed by atoms with Crippen LogP contribution in [0.25, 0.3) is 0 Å². The highest BCUT2D eigenvalue weighted by atomic mass is 31.1. The van der Waals surface area contributed by atoms with Crippen LogP contribution in [0.3, 0.4) is 0 Å². The first-order valence-electron chi connectivity index (χ1n) is 2.25. The highest BCUT2D eigenvalue weighted by Gasteiger charge is 1.94. The van der Waals surface area contributed by atoms with Crippen molar-refractivity contribution in [3.63, 3.8) is 0 Å². The van der Waals surface area contributed by atoms with Crippen molar-refractivity contribution < 1.29 is 9.30 Å². The van der Waals surface area contributed by atoms with E-state index in [-0.39, 0.29) is 14.3 Å². The van der Waals surface area contributed by atoms with Gasteiger partial charge in [0, 0.05) is 6.61 Å². The first kappa shape index (κ1) is 7.06. The van der Waals surface area contributed by atoms with Gasteiger partial charge in [0.15, 0.2) is 8.46 Å². The molecule has 1 atom stereocenters. The lowest BCUT2D eigenvalue weighted by Gasteiger charge is -1.97. The quantitative estimate of drug-likeness (QED) is 0.529. The lowest BCUT2D eigenvalue weighted by Crippen LogP contribution is -1.96. The molecule has 0 radical (unpaired) electrons. The SMILES string of the molecule is CCOC(C)P=O. The molecular weight excluding hydrogens is 111 g/mol. The van der Waals surface area contributed by atoms with Gasteiger partial charge in [0.2, 0.25) is 0 Å². The standard InChI is InChI=1S/C4H9O2P/c1-3-6-4(2)7-5/h4H,3H2,1-2H3. The third kappa shape index (κ3) is 3.90. The smallest absolute Gasteiger partial charge is 0.187 e. The Morgan fingerprint density at radius 3 is 2.57 bits per heavy atom. The van der Waals surface area contributed by atoms with Gasteiger partial charge in [0.05, 0.1) is 0 Å². The van der Waals surface area contributed by atoms with Crippen molar-refractivity contribution in [3.05, 3.63) is 0 Å². The van der Waals surface area contributed by atoms with E-state index in [9.17, 15) is 4.57 Å². The van der Waals surface area contributed by atoms with Crippen LogP contribution >= 0.6 is 8.46 Å². The Bertz CT molecular complexity index is 55.7. The number of rotatable bonds is 3. The molecular formula is C4H9O2P. The van der Waals surface area contributed by atoms with Gasteiger partial charge in [0.1, 0.15) is 5.85 Å². The summed E-state index contributed by atoms with van der Waals surface area (Å²) < 4.78 is 14.7. The molecule has 0 aliphatic heterocycles. The fourth-order valence-electron chi connectivity index (χ4n) is 0.272. The maximum absolute atomic E-state index is 9.87. The Kier molecular flexibility index (Phi) is 4.26. The van der Waals surface area contributed by atoms with Gasteiger partial charge in [-0.15, -0.1) is 0 Å². The molecule has 0 aromatic rings. The molecule has 2 nitrogen and oxygen atoms in total. The minimum atomic E-state index is -0.134. The Balaban J connectivity index is 2.98. The van der Waals surface area contributed by atoms with Gasteiger partial charge >= 0.3 is 0 Å². The molecule has 7 heavy (non-hydrogen) atoms. The summed E-state index contributed by atoms with van der Waals surface area (Å²) in [4.78, 5) is 0. The number of ether oxygens (including phenoxy) is 1. The molecule has 0 aromatic carbocycles. The average molecular weight is 120 g/mol. The molecule has 0 heterocycles. The first-order valence-corrected chi connectivity index (χ1v) is 3.13. The molecule has 0 aliphatic carbocycles. The second-order valence-corrected chi connectivity index (χ2v) is 2.10. The van der Waals surface area contributed by atoms with E-state index in [2.05, 4.69) is 0 Å². The average Bonchev–Trinajstić information content (AvgIpc) is 1.68. The van der Waals surface area contributed by atoms with E-state index in [1.165, 1.54) is 0 Å². The van der Waals surface area contributed by atoms with Gasteiger partial charge < -0.3 is 4.74 Å². The summed E-state index contributed by atoms with van der Waals surface area (Å²) in [6.07, 6.45) is 0. The molecule has 0 saturated heterocycles. The van der Waals surface area contributed by atoms with E-state index in [0.717, 1.165) is 0 Å². The predicted molar refractivity (Wildman–Crippen MR) is 28.7 cm³/mol. The predicted octanol–water partition coefficient (Wildman–Crippen LogP) is 1.66. The van der Waals surface area contributed by atoms with Gasteiger partial charge in [0.25, 0.3) is 0 Å². The molecule has 0 saturated carbocycles. The third-order valence-electron chi connectivity index (χ3n) is 0.556. The zero-order valence-corrected chi connectivity index (χ0v) is 5.44. The molecule has 0 fully saturated rings. The van der Waals surface area contributed by atoms with Crippen LogP contribution in [0.4, 0.5) is 0 Å². The zero-order chi connectivity index (χ0) is 5.70. The fourth-order valence-corrected chi connectivity index (χ4v) is 0.482. The van der Waals surface area contributed by atoms with Crippen molar-refractivity contribution in [2.24, 2.45) is 0 Å². The van der Waals surface area contributed by atoms with E-state index < -0.39 is 0 Å². The van der Waals surface area contributed by atoms with Crippen LogP contribution in [-0.2, 0) is 9.30 Å². The van der Waals surface area contributed by atoms with Crippen LogP contribution in [0.15, 0.2) is 0 Å². The van der Waals surface area contributed by atoms with Gasteiger partial charge in [-0.2, -0.15) is 0 Å². The minimum absolute atomic E-state index is 0.0716. The van der Waals surface area contributed by atoms with Crippen molar-refractivity contribution >= 4 is 8.46 Å². The zero-order valence-electron chi connectivity index (χ0n) is 4.55. The van der Waals surface area contributed by atoms with E-state index in [1.54, 1.807) is 6.92 Å². The molecule has 0 N–H and O–H groups in total. The second kappa shape index (κ2) is 4.23. The largest absolute Gasteiger partial charge is 0.367 e. The van der Waals surface area contributed by atoms with Crippen molar-refractivity contribution in [2.45, 2.75) is 19.7 Å². The van der Waals surface area contributed by atoms with E-state index in [1.807, 2.05) is 6.92 Å². The molecule has 42 valence electrons. The number of hydrogen-bond acceptors (Lipinski definition) is 2. The normalized spacial score (nSPS) is 14.6. The molecule has 0 spiro atoms. The summed E-state index contributed by atoms with van der Waals surface area (Å²) in [5.74, 6) is -0.134. The van der Waals surface area contributed by atoms with Crippen LogP contribution in [0.5, 0.6) is 0 Å². The highest BCUT2D eigenvalue weighted by molar-refractivity contribution is 7.24. The summed E-state index contributed by atoms with van der Waals surface area (Å²) in [6.45, 7) is 4.27. The van der Waals surface area contributed by atoms with Crippen LogP contribution in [0.1, 0.15) is 13.8 Å². The van der Waals surface area contributed by atoms with Crippen molar-refractivity contribution in [3.8, 4) is 0 Å². The van der Waals surface area contributed by atoms with Crippen LogP contribution in [-0.4, -0.2) is 12.5 Å². The van der Waals surface area contributed by atoms with Crippen molar-refractivity contribution in [1.82, 2.24) is 0 Å². The number of hydrogen-bond donors (Lipinski definition) is 0. The molecule has 3 heteroatoms. The molecule has 0 aromatic heterocycles. The van der Waals surface area contributed by atoms with Crippen LogP contribution < -0.4 is 0 Å². The van der Waals surface area contributed by atoms with Gasteiger partial charge in [-0.1, -0.05) is 0 Å². The van der Waals surface area contributed by atoms with E-state index in [4.69, 9.17) is 4.74 Å². The van der Waals surface area contributed by atoms with Gasteiger partial charge in [-0.25, -0.2) is 0 Å². The second-order valence-electron chi connectivity index (χ2n) is 1.16. The van der Waals surface area contributed by atoms with Crippen LogP contribution in [0, 0.1) is 0 Å². The summed E-state index contributed by atoms with van der Waals surface area (Å²) in [7, 11) is 0.0716. The lowest BCUT2D eigenvalue weighted by molar-refractivity contribution is 0.133. The lowest BCUT2D eigenvalue weighted by atomic mass is 10.8. The minimum Gasteiger partial charge on any atom is -0.367 e. The van der Waals surface area contributed by atoms with E-state index in [0.29, 0.717) is 6.61 Å². The summed E-state index contributed by atoms with van der Waals surface area (Å²) in [5, 5.41) is 0. The first-order chi connectivity index (χ1) is 3.31. The fraction of sp³-hybridized carbons (Fsp3) is 1.00. The van der Waals surface area contributed by atoms with E-state index >= 15 is 0 Å². The maximum Gasteiger partial charge on any atom is 0.187 e. The molecule has 0 bridgehead atoms. The topological polar surface area (TPSA) is 26.3 Å². The summed E-state index contributed by atoms with van der Waals surface area (Å²) >= 11 is 0. The molecule has 0 rings (SSSR count). The van der Waals surface area contributed by atoms with Crippen LogP contribution in [0.2, 0.25) is 0 Å². The Hall–Kier alpha value is 0.0600. The molecule has 0 amide bonds. The highest BCUT2D eigenvalue weighted by Crippen LogP contribution is 2.04. The summed E-state index contributed by atoms with van der Waals surface area (Å²) in [5.41, 5.74) is 0. The summed E-state index contributed by atoms with van der Waals surface area (Å²) in [6, 6.07) is 0. The third-order valence-corrected chi connectivity index (χ3v) is 1.00. The molecule has 0 aliphatic rings.